The van der Waals surface area contributed by atoms with E-state index in [0.29, 0.717) is 0 Å². The number of hydrogen-bond acceptors (Lipinski definition) is 5. The second kappa shape index (κ2) is 7.99. The van der Waals surface area contributed by atoms with E-state index >= 15 is 0 Å². The van der Waals surface area contributed by atoms with Gasteiger partial charge in [0.15, 0.2) is 0 Å². The quantitative estimate of drug-likeness (QED) is 0.777. The second-order valence-corrected chi connectivity index (χ2v) is 6.69. The highest BCUT2D eigenvalue weighted by molar-refractivity contribution is 7.85. The van der Waals surface area contributed by atoms with Crippen LogP contribution in [-0.4, -0.2) is 33.4 Å². The van der Waals surface area contributed by atoms with E-state index in [0.717, 1.165) is 11.8 Å². The molecule has 0 saturated carbocycles. The zero-order valence-electron chi connectivity index (χ0n) is 12.4. The molecular formula is C14H21NO5S. The van der Waals surface area contributed by atoms with E-state index in [9.17, 15) is 13.2 Å². The molecule has 0 aliphatic carbocycles. The van der Waals surface area contributed by atoms with Crippen molar-refractivity contribution < 1.29 is 22.1 Å². The van der Waals surface area contributed by atoms with Gasteiger partial charge in [0, 0.05) is 0 Å². The van der Waals surface area contributed by atoms with Crippen LogP contribution >= 0.6 is 0 Å². The molecule has 1 aromatic carbocycles. The Morgan fingerprint density at radius 3 is 2.38 bits per heavy atom. The molecule has 21 heavy (non-hydrogen) atoms. The second-order valence-electron chi connectivity index (χ2n) is 5.05. The smallest absolute Gasteiger partial charge is 0.407 e. The number of benzene rings is 1. The Balaban J connectivity index is 2.45. The summed E-state index contributed by atoms with van der Waals surface area (Å²) in [6.07, 6.45) is 0.368. The molecule has 0 aromatic heterocycles. The maximum Gasteiger partial charge on any atom is 0.407 e. The first-order chi connectivity index (χ1) is 9.78. The molecule has 118 valence electrons. The Labute approximate surface area is 125 Å². The number of carbonyl (C=O) groups excluding carboxylic acids is 1. The Hall–Kier alpha value is -1.60. The van der Waals surface area contributed by atoms with Crippen molar-refractivity contribution in [2.24, 2.45) is 5.92 Å². The Morgan fingerprint density at radius 2 is 1.86 bits per heavy atom. The highest BCUT2D eigenvalue weighted by Gasteiger charge is 2.19. The fraction of sp³-hybridized carbons (Fsp3) is 0.500. The zero-order valence-corrected chi connectivity index (χ0v) is 13.2. The molecule has 0 aliphatic rings. The van der Waals surface area contributed by atoms with Gasteiger partial charge in [-0.25, -0.2) is 4.79 Å². The van der Waals surface area contributed by atoms with Gasteiger partial charge in [-0.15, -0.1) is 0 Å². The highest BCUT2D eigenvalue weighted by Crippen LogP contribution is 2.06. The molecule has 1 N–H and O–H groups in total. The molecule has 0 unspecified atom stereocenters. The van der Waals surface area contributed by atoms with Crippen LogP contribution < -0.4 is 5.32 Å². The number of alkyl carbamates (subject to hydrolysis) is 1. The largest absolute Gasteiger partial charge is 0.445 e. The number of amides is 1. The van der Waals surface area contributed by atoms with E-state index in [-0.39, 0.29) is 19.1 Å². The van der Waals surface area contributed by atoms with Crippen LogP contribution in [0.25, 0.3) is 0 Å². The minimum Gasteiger partial charge on any atom is -0.445 e. The molecule has 1 aromatic rings. The van der Waals surface area contributed by atoms with E-state index in [1.807, 2.05) is 44.2 Å². The topological polar surface area (TPSA) is 81.7 Å². The van der Waals surface area contributed by atoms with Crippen LogP contribution in [0, 0.1) is 5.92 Å². The molecule has 0 bridgehead atoms. The standard InChI is InChI=1S/C14H21NO5S/c1-11(2)13(10-20-21(3,17)18)15-14(16)19-9-12-7-5-4-6-8-12/h4-8,11,13H,9-10H2,1-3H3,(H,15,16)/t13-/m1/s1. The van der Waals surface area contributed by atoms with Gasteiger partial charge < -0.3 is 10.1 Å². The fourth-order valence-corrected chi connectivity index (χ4v) is 1.91. The lowest BCUT2D eigenvalue weighted by Gasteiger charge is -2.21. The number of hydrogen-bond donors (Lipinski definition) is 1. The van der Waals surface area contributed by atoms with Gasteiger partial charge in [-0.2, -0.15) is 8.42 Å². The Kier molecular flexibility index (Phi) is 6.64. The van der Waals surface area contributed by atoms with Crippen LogP contribution in [0.3, 0.4) is 0 Å². The first-order valence-corrected chi connectivity index (χ1v) is 8.41. The molecule has 7 heteroatoms. The molecule has 0 fully saturated rings. The molecule has 6 nitrogen and oxygen atoms in total. The lowest BCUT2D eigenvalue weighted by molar-refractivity contribution is 0.126. The van der Waals surface area contributed by atoms with Gasteiger partial charge in [0.25, 0.3) is 10.1 Å². The van der Waals surface area contributed by atoms with Crippen molar-refractivity contribution in [3.8, 4) is 0 Å². The predicted molar refractivity (Wildman–Crippen MR) is 79.2 cm³/mol. The van der Waals surface area contributed by atoms with Gasteiger partial charge in [0.1, 0.15) is 6.61 Å². The summed E-state index contributed by atoms with van der Waals surface area (Å²) in [7, 11) is -3.54. The lowest BCUT2D eigenvalue weighted by atomic mass is 10.1. The van der Waals surface area contributed by atoms with Crippen LogP contribution in [-0.2, 0) is 25.6 Å². The molecule has 0 aliphatic heterocycles. The third-order valence-electron chi connectivity index (χ3n) is 2.78. The van der Waals surface area contributed by atoms with Gasteiger partial charge in [-0.05, 0) is 11.5 Å². The van der Waals surface area contributed by atoms with Crippen molar-refractivity contribution in [2.75, 3.05) is 12.9 Å². The molecule has 1 amide bonds. The van der Waals surface area contributed by atoms with Crippen LogP contribution in [0.15, 0.2) is 30.3 Å². The highest BCUT2D eigenvalue weighted by atomic mass is 32.2. The monoisotopic (exact) mass is 315 g/mol. The summed E-state index contributed by atoms with van der Waals surface area (Å²) in [5.41, 5.74) is 0.876. The summed E-state index contributed by atoms with van der Waals surface area (Å²) >= 11 is 0. The van der Waals surface area contributed by atoms with Crippen LogP contribution in [0.2, 0.25) is 0 Å². The summed E-state index contributed by atoms with van der Waals surface area (Å²) in [5.74, 6) is 0.0102. The normalized spacial score (nSPS) is 13.0. The fourth-order valence-electron chi connectivity index (χ4n) is 1.51. The SMILES string of the molecule is CC(C)[C@@H](COS(C)(=O)=O)NC(=O)OCc1ccccc1. The third-order valence-corrected chi connectivity index (χ3v) is 3.35. The predicted octanol–water partition coefficient (Wildman–Crippen LogP) is 1.91. The van der Waals surface area contributed by atoms with Crippen molar-refractivity contribution in [1.29, 1.82) is 0 Å². The summed E-state index contributed by atoms with van der Waals surface area (Å²) in [5, 5.41) is 2.61. The van der Waals surface area contributed by atoms with Gasteiger partial charge >= 0.3 is 6.09 Å². The van der Waals surface area contributed by atoms with Crippen LogP contribution in [0.5, 0.6) is 0 Å². The number of nitrogens with one attached hydrogen (secondary N) is 1. The molecule has 0 spiro atoms. The van der Waals surface area contributed by atoms with E-state index < -0.39 is 22.3 Å². The van der Waals surface area contributed by atoms with E-state index in [1.165, 1.54) is 0 Å². The van der Waals surface area contributed by atoms with Gasteiger partial charge in [0.2, 0.25) is 0 Å². The van der Waals surface area contributed by atoms with Crippen LogP contribution in [0.4, 0.5) is 4.79 Å². The summed E-state index contributed by atoms with van der Waals surface area (Å²) in [4.78, 5) is 11.7. The molecular weight excluding hydrogens is 294 g/mol. The van der Waals surface area contributed by atoms with E-state index in [2.05, 4.69) is 5.32 Å². The van der Waals surface area contributed by atoms with Crippen LogP contribution in [0.1, 0.15) is 19.4 Å². The van der Waals surface area contributed by atoms with Crippen molar-refractivity contribution in [2.45, 2.75) is 26.5 Å². The molecule has 1 rings (SSSR count). The lowest BCUT2D eigenvalue weighted by Crippen LogP contribution is -2.42. The van der Waals surface area contributed by atoms with E-state index in [1.54, 1.807) is 0 Å². The summed E-state index contributed by atoms with van der Waals surface area (Å²) in [6, 6.07) is 8.84. The van der Waals surface area contributed by atoms with Crippen molar-refractivity contribution >= 4 is 16.2 Å². The van der Waals surface area contributed by atoms with Crippen molar-refractivity contribution in [3.63, 3.8) is 0 Å². The number of carbonyl (C=O) groups is 1. The zero-order chi connectivity index (χ0) is 15.9. The molecule has 0 saturated heterocycles. The molecule has 1 atom stereocenters. The summed E-state index contributed by atoms with van der Waals surface area (Å²) < 4.78 is 31.8. The van der Waals surface area contributed by atoms with Gasteiger partial charge in [-0.3, -0.25) is 4.18 Å². The minimum atomic E-state index is -3.54. The maximum absolute atomic E-state index is 11.7. The average molecular weight is 315 g/mol. The number of rotatable bonds is 7. The Morgan fingerprint density at radius 1 is 1.24 bits per heavy atom. The maximum atomic E-state index is 11.7. The minimum absolute atomic E-state index is 0.0102. The van der Waals surface area contributed by atoms with Gasteiger partial charge in [-0.1, -0.05) is 44.2 Å². The average Bonchev–Trinajstić information content (AvgIpc) is 2.41. The van der Waals surface area contributed by atoms with Crippen molar-refractivity contribution in [1.82, 2.24) is 5.32 Å². The molecule has 0 heterocycles. The summed E-state index contributed by atoms with van der Waals surface area (Å²) in [6.45, 7) is 3.75. The molecule has 0 radical (unpaired) electrons. The van der Waals surface area contributed by atoms with E-state index in [4.69, 9.17) is 8.92 Å². The number of ether oxygens (including phenoxy) is 1. The van der Waals surface area contributed by atoms with Crippen molar-refractivity contribution in [3.05, 3.63) is 35.9 Å². The first-order valence-electron chi connectivity index (χ1n) is 6.59. The first kappa shape index (κ1) is 17.5. The third kappa shape index (κ3) is 7.67. The van der Waals surface area contributed by atoms with Gasteiger partial charge in [0.05, 0.1) is 18.9 Å². The Bertz CT molecular complexity index is 542.